The van der Waals surface area contributed by atoms with Crippen molar-refractivity contribution in [2.45, 2.75) is 70.1 Å². The van der Waals surface area contributed by atoms with E-state index in [4.69, 9.17) is 20.2 Å². The Morgan fingerprint density at radius 2 is 1.88 bits per heavy atom. The molecule has 1 unspecified atom stereocenters. The largest absolute Gasteiger partial charge is 0.444 e. The van der Waals surface area contributed by atoms with Gasteiger partial charge in [0, 0.05) is 28.2 Å². The average Bonchev–Trinajstić information content (AvgIpc) is 3.21. The molecule has 0 bridgehead atoms. The zero-order chi connectivity index (χ0) is 24.3. The minimum absolute atomic E-state index is 0.120. The number of carbonyl (C=O) groups excluding carboxylic acids is 1. The fourth-order valence-corrected chi connectivity index (χ4v) is 6.56. The van der Waals surface area contributed by atoms with Crippen molar-refractivity contribution in [3.63, 3.8) is 0 Å². The number of nitrogens with two attached hydrogens (primary N) is 1. The first-order chi connectivity index (χ1) is 16.1. The van der Waals surface area contributed by atoms with Crippen LogP contribution >= 0.6 is 15.9 Å². The van der Waals surface area contributed by atoms with Crippen LogP contribution in [0.5, 0.6) is 0 Å². The molecule has 1 amide bonds. The fraction of sp³-hybridized carbons (Fsp3) is 0.481. The summed E-state index contributed by atoms with van der Waals surface area (Å²) >= 11 is 3.69. The minimum Gasteiger partial charge on any atom is -0.444 e. The Morgan fingerprint density at radius 1 is 1.15 bits per heavy atom. The summed E-state index contributed by atoms with van der Waals surface area (Å²) in [6.45, 7) is 5.56. The molecule has 1 saturated carbocycles. The van der Waals surface area contributed by atoms with Crippen LogP contribution < -0.4 is 11.1 Å². The number of methoxy groups -OCH3 is 1. The molecule has 34 heavy (non-hydrogen) atoms. The summed E-state index contributed by atoms with van der Waals surface area (Å²) in [7, 11) is 1.80. The first-order valence-corrected chi connectivity index (χ1v) is 12.7. The minimum atomic E-state index is -0.625. The number of aliphatic imine (C=N–C) groups is 1. The molecule has 1 heterocycles. The summed E-state index contributed by atoms with van der Waals surface area (Å²) in [6, 6.07) is 12.4. The second kappa shape index (κ2) is 8.09. The van der Waals surface area contributed by atoms with Gasteiger partial charge in [-0.25, -0.2) is 4.79 Å². The highest BCUT2D eigenvalue weighted by atomic mass is 79.9. The molecular formula is C27H32BrN3O3. The number of hydrogen-bond acceptors (Lipinski definition) is 5. The molecule has 7 heteroatoms. The maximum atomic E-state index is 12.8. The van der Waals surface area contributed by atoms with Crippen molar-refractivity contribution in [2.24, 2.45) is 10.4 Å². The standard InChI is InChI=1S/C27H32BrN3O3/c1-25(2,3)34-24(32)30-23-20-8-7-18(29)14-22(20)27(31-23)21-13-17(28)6-5-16(21)15-26(27)11-9-19(33-4)10-12-26/h5-8,13-14,19H,9-12,15,29H2,1-4H3,(H,30,31,32). The van der Waals surface area contributed by atoms with E-state index >= 15 is 0 Å². The van der Waals surface area contributed by atoms with E-state index in [0.717, 1.165) is 47.7 Å². The maximum Gasteiger partial charge on any atom is 0.413 e. The number of alkyl carbamates (subject to hydrolysis) is 1. The van der Waals surface area contributed by atoms with Crippen LogP contribution in [0.15, 0.2) is 45.9 Å². The molecule has 1 aliphatic heterocycles. The molecular weight excluding hydrogens is 494 g/mol. The number of nitrogens with one attached hydrogen (secondary N) is 1. The van der Waals surface area contributed by atoms with E-state index in [0.29, 0.717) is 11.5 Å². The van der Waals surface area contributed by atoms with Crippen molar-refractivity contribution in [2.75, 3.05) is 12.8 Å². The van der Waals surface area contributed by atoms with E-state index in [1.54, 1.807) is 7.11 Å². The van der Waals surface area contributed by atoms with E-state index in [-0.39, 0.29) is 11.5 Å². The van der Waals surface area contributed by atoms with Crippen molar-refractivity contribution in [1.29, 1.82) is 0 Å². The summed E-state index contributed by atoms with van der Waals surface area (Å²) < 4.78 is 12.3. The van der Waals surface area contributed by atoms with Crippen LogP contribution in [0, 0.1) is 5.41 Å². The maximum absolute atomic E-state index is 12.8. The lowest BCUT2D eigenvalue weighted by Gasteiger charge is -2.47. The number of nitrogen functional groups attached to an aromatic ring is 1. The molecule has 3 aliphatic rings. The van der Waals surface area contributed by atoms with Gasteiger partial charge in [-0.05, 0) is 99.9 Å². The zero-order valence-corrected chi connectivity index (χ0v) is 21.8. The first kappa shape index (κ1) is 23.4. The molecule has 2 aromatic carbocycles. The van der Waals surface area contributed by atoms with Gasteiger partial charge in [0.15, 0.2) is 0 Å². The fourth-order valence-electron chi connectivity index (χ4n) is 6.20. The Balaban J connectivity index is 1.69. The van der Waals surface area contributed by atoms with Crippen LogP contribution in [0.3, 0.4) is 0 Å². The quantitative estimate of drug-likeness (QED) is 0.468. The van der Waals surface area contributed by atoms with Crippen LogP contribution in [0.1, 0.15) is 68.7 Å². The highest BCUT2D eigenvalue weighted by Gasteiger charge is 2.62. The van der Waals surface area contributed by atoms with Gasteiger partial charge in [0.05, 0.1) is 6.10 Å². The highest BCUT2D eigenvalue weighted by Crippen LogP contribution is 2.65. The first-order valence-electron chi connectivity index (χ1n) is 11.9. The lowest BCUT2D eigenvalue weighted by molar-refractivity contribution is 0.00682. The van der Waals surface area contributed by atoms with Gasteiger partial charge in [-0.1, -0.05) is 22.0 Å². The van der Waals surface area contributed by atoms with E-state index in [1.165, 1.54) is 11.1 Å². The molecule has 2 spiro atoms. The van der Waals surface area contributed by atoms with Crippen molar-refractivity contribution < 1.29 is 14.3 Å². The number of hydrogen-bond donors (Lipinski definition) is 2. The van der Waals surface area contributed by atoms with Gasteiger partial charge >= 0.3 is 6.09 Å². The number of rotatable bonds is 1. The summed E-state index contributed by atoms with van der Waals surface area (Å²) in [6.07, 6.45) is 4.62. The second-order valence-corrected chi connectivity index (χ2v) is 11.7. The second-order valence-electron chi connectivity index (χ2n) is 10.8. The van der Waals surface area contributed by atoms with Crippen molar-refractivity contribution in [3.8, 4) is 0 Å². The van der Waals surface area contributed by atoms with E-state index in [2.05, 4.69) is 39.4 Å². The molecule has 0 radical (unpaired) electrons. The number of benzene rings is 2. The molecule has 2 aliphatic carbocycles. The number of anilines is 1. The summed E-state index contributed by atoms with van der Waals surface area (Å²) in [4.78, 5) is 18.2. The Hall–Kier alpha value is -2.38. The molecule has 180 valence electrons. The van der Waals surface area contributed by atoms with Crippen molar-refractivity contribution in [3.05, 3.63) is 63.1 Å². The molecule has 6 nitrogen and oxygen atoms in total. The van der Waals surface area contributed by atoms with Crippen LogP contribution in [-0.2, 0) is 21.4 Å². The molecule has 1 fully saturated rings. The van der Waals surface area contributed by atoms with Crippen LogP contribution in [0.4, 0.5) is 10.5 Å². The number of amidine groups is 1. The molecule has 5 rings (SSSR count). The third kappa shape index (κ3) is 3.64. The predicted molar refractivity (Wildman–Crippen MR) is 137 cm³/mol. The average molecular weight is 526 g/mol. The lowest BCUT2D eigenvalue weighted by Crippen LogP contribution is -2.45. The third-order valence-electron chi connectivity index (χ3n) is 7.57. The lowest BCUT2D eigenvalue weighted by atomic mass is 9.59. The van der Waals surface area contributed by atoms with E-state index in [1.807, 2.05) is 39.0 Å². The van der Waals surface area contributed by atoms with E-state index < -0.39 is 17.2 Å². The molecule has 3 N–H and O–H groups in total. The Morgan fingerprint density at radius 3 is 2.56 bits per heavy atom. The molecule has 1 atom stereocenters. The predicted octanol–water partition coefficient (Wildman–Crippen LogP) is 5.69. The summed E-state index contributed by atoms with van der Waals surface area (Å²) in [5, 5.41) is 2.96. The molecule has 2 aromatic rings. The van der Waals surface area contributed by atoms with Gasteiger partial charge in [-0.3, -0.25) is 10.3 Å². The SMILES string of the molecule is COC1CCC2(CC1)Cc1ccc(Br)cc1C21N=C(NC(=O)OC(C)(C)C)c2ccc(N)cc21. The third-order valence-corrected chi connectivity index (χ3v) is 8.06. The Kier molecular flexibility index (Phi) is 5.56. The normalized spacial score (nSPS) is 27.4. The van der Waals surface area contributed by atoms with Crippen LogP contribution in [-0.4, -0.2) is 30.7 Å². The Labute approximate surface area is 209 Å². The number of fused-ring (bicyclic) bond motifs is 5. The number of amides is 1. The van der Waals surface area contributed by atoms with Crippen molar-refractivity contribution in [1.82, 2.24) is 5.32 Å². The number of ether oxygens (including phenoxy) is 2. The van der Waals surface area contributed by atoms with Gasteiger partial charge in [0.2, 0.25) is 0 Å². The molecule has 0 aromatic heterocycles. The van der Waals surface area contributed by atoms with Gasteiger partial charge < -0.3 is 15.2 Å². The van der Waals surface area contributed by atoms with Gasteiger partial charge in [0.1, 0.15) is 17.0 Å². The molecule has 0 saturated heterocycles. The van der Waals surface area contributed by atoms with Gasteiger partial charge in [-0.15, -0.1) is 0 Å². The van der Waals surface area contributed by atoms with Crippen LogP contribution in [0.2, 0.25) is 0 Å². The summed E-state index contributed by atoms with van der Waals surface area (Å²) in [5.74, 6) is 0.547. The van der Waals surface area contributed by atoms with E-state index in [9.17, 15) is 4.79 Å². The zero-order valence-electron chi connectivity index (χ0n) is 20.2. The summed E-state index contributed by atoms with van der Waals surface area (Å²) in [5.41, 5.74) is 10.1. The van der Waals surface area contributed by atoms with Gasteiger partial charge in [0.25, 0.3) is 0 Å². The number of nitrogens with zero attached hydrogens (tertiary/aromatic N) is 1. The smallest absolute Gasteiger partial charge is 0.413 e. The monoisotopic (exact) mass is 525 g/mol. The topological polar surface area (TPSA) is 85.9 Å². The number of carbonyl (C=O) groups is 1. The van der Waals surface area contributed by atoms with Gasteiger partial charge in [-0.2, -0.15) is 0 Å². The Bertz CT molecular complexity index is 1180. The van der Waals surface area contributed by atoms with Crippen LogP contribution in [0.25, 0.3) is 0 Å². The number of halogens is 1. The highest BCUT2D eigenvalue weighted by molar-refractivity contribution is 9.10. The van der Waals surface area contributed by atoms with Crippen molar-refractivity contribution >= 4 is 33.5 Å².